The van der Waals surface area contributed by atoms with Crippen LogP contribution in [0.1, 0.15) is 32.5 Å². The first kappa shape index (κ1) is 14.7. The van der Waals surface area contributed by atoms with Crippen LogP contribution in [0.15, 0.2) is 9.30 Å². The molecule has 2 rings (SSSR count). The molecule has 2 heterocycles. The van der Waals surface area contributed by atoms with Gasteiger partial charge in [0.25, 0.3) is 0 Å². The smallest absolute Gasteiger partial charge is 0.410 e. The predicted octanol–water partition coefficient (Wildman–Crippen LogP) is 2.79. The summed E-state index contributed by atoms with van der Waals surface area (Å²) < 4.78 is 6.26. The van der Waals surface area contributed by atoms with Gasteiger partial charge in [0.15, 0.2) is 3.92 Å². The number of piperazine rings is 1. The van der Waals surface area contributed by atoms with E-state index in [0.29, 0.717) is 13.1 Å². The fourth-order valence-corrected chi connectivity index (χ4v) is 2.94. The van der Waals surface area contributed by atoms with Gasteiger partial charge in [0.05, 0.1) is 11.7 Å². The molecular formula is C12H18BrN3O2S. The van der Waals surface area contributed by atoms with Crippen molar-refractivity contribution in [3.8, 4) is 0 Å². The summed E-state index contributed by atoms with van der Waals surface area (Å²) in [4.78, 5) is 18.2. The summed E-state index contributed by atoms with van der Waals surface area (Å²) in [6.45, 7) is 7.63. The fourth-order valence-electron chi connectivity index (χ4n) is 1.86. The molecule has 0 saturated carbocycles. The molecule has 1 amide bonds. The van der Waals surface area contributed by atoms with Crippen molar-refractivity contribution in [1.29, 1.82) is 0 Å². The average Bonchev–Trinajstić information content (AvgIpc) is 2.74. The Morgan fingerprint density at radius 2 is 2.37 bits per heavy atom. The molecule has 1 aliphatic heterocycles. The SMILES string of the molecule is CC(C)(C)OC(=O)N1CCNC(c2csc(Br)n2)C1. The topological polar surface area (TPSA) is 54.5 Å². The number of nitrogens with zero attached hydrogens (tertiary/aromatic N) is 2. The summed E-state index contributed by atoms with van der Waals surface area (Å²) in [6.07, 6.45) is -0.256. The lowest BCUT2D eigenvalue weighted by atomic mass is 10.1. The average molecular weight is 348 g/mol. The van der Waals surface area contributed by atoms with Crippen LogP contribution in [-0.2, 0) is 4.74 Å². The summed E-state index contributed by atoms with van der Waals surface area (Å²) in [5.74, 6) is 0. The van der Waals surface area contributed by atoms with Crippen molar-refractivity contribution in [1.82, 2.24) is 15.2 Å². The minimum atomic E-state index is -0.457. The van der Waals surface area contributed by atoms with Crippen LogP contribution in [0.25, 0.3) is 0 Å². The predicted molar refractivity (Wildman–Crippen MR) is 78.4 cm³/mol. The summed E-state index contributed by atoms with van der Waals surface area (Å²) in [5.41, 5.74) is 0.506. The minimum Gasteiger partial charge on any atom is -0.444 e. The van der Waals surface area contributed by atoms with Crippen molar-refractivity contribution in [2.75, 3.05) is 19.6 Å². The lowest BCUT2D eigenvalue weighted by Gasteiger charge is -2.34. The number of carbonyl (C=O) groups is 1. The molecule has 0 radical (unpaired) electrons. The summed E-state index contributed by atoms with van der Waals surface area (Å²) in [7, 11) is 0. The Kier molecular flexibility index (Phi) is 4.47. The highest BCUT2D eigenvalue weighted by atomic mass is 79.9. The van der Waals surface area contributed by atoms with Crippen molar-refractivity contribution in [3.63, 3.8) is 0 Å². The second-order valence-electron chi connectivity index (χ2n) is 5.46. The number of carbonyl (C=O) groups excluding carboxylic acids is 1. The van der Waals surface area contributed by atoms with E-state index in [2.05, 4.69) is 26.2 Å². The van der Waals surface area contributed by atoms with Gasteiger partial charge >= 0.3 is 6.09 Å². The first-order valence-electron chi connectivity index (χ1n) is 6.17. The first-order chi connectivity index (χ1) is 8.85. The molecule has 1 unspecified atom stereocenters. The van der Waals surface area contributed by atoms with E-state index in [0.717, 1.165) is 16.2 Å². The number of hydrogen-bond donors (Lipinski definition) is 1. The van der Waals surface area contributed by atoms with Gasteiger partial charge < -0.3 is 15.0 Å². The van der Waals surface area contributed by atoms with Crippen molar-refractivity contribution in [2.45, 2.75) is 32.4 Å². The Hall–Kier alpha value is -0.660. The Labute approximate surface area is 125 Å². The molecule has 0 aromatic carbocycles. The molecule has 1 aromatic heterocycles. The standard InChI is InChI=1S/C12H18BrN3O2S/c1-12(2,3)18-11(17)16-5-4-14-8(6-16)9-7-19-10(13)15-9/h7-8,14H,4-6H2,1-3H3. The lowest BCUT2D eigenvalue weighted by Crippen LogP contribution is -2.49. The number of hydrogen-bond acceptors (Lipinski definition) is 5. The van der Waals surface area contributed by atoms with E-state index in [4.69, 9.17) is 4.74 Å². The van der Waals surface area contributed by atoms with Crippen molar-refractivity contribution < 1.29 is 9.53 Å². The van der Waals surface area contributed by atoms with Gasteiger partial charge in [-0.2, -0.15) is 0 Å². The van der Waals surface area contributed by atoms with Crippen LogP contribution in [0.2, 0.25) is 0 Å². The number of amides is 1. The lowest BCUT2D eigenvalue weighted by molar-refractivity contribution is 0.0194. The van der Waals surface area contributed by atoms with Gasteiger partial charge in [0, 0.05) is 25.0 Å². The third-order valence-corrected chi connectivity index (χ3v) is 4.06. The van der Waals surface area contributed by atoms with Crippen molar-refractivity contribution in [2.24, 2.45) is 0 Å². The van der Waals surface area contributed by atoms with Crippen LogP contribution in [0, 0.1) is 0 Å². The Balaban J connectivity index is 1.99. The van der Waals surface area contributed by atoms with Crippen LogP contribution in [0.3, 0.4) is 0 Å². The monoisotopic (exact) mass is 347 g/mol. The van der Waals surface area contributed by atoms with Gasteiger partial charge in [0.1, 0.15) is 5.60 Å². The molecule has 0 spiro atoms. The van der Waals surface area contributed by atoms with Crippen LogP contribution >= 0.6 is 27.3 Å². The number of halogens is 1. The summed E-state index contributed by atoms with van der Waals surface area (Å²) in [6, 6.07) is 0.0730. The quantitative estimate of drug-likeness (QED) is 0.848. The molecule has 5 nitrogen and oxygen atoms in total. The molecule has 1 aliphatic rings. The summed E-state index contributed by atoms with van der Waals surface area (Å²) in [5, 5.41) is 5.37. The first-order valence-corrected chi connectivity index (χ1v) is 7.84. The van der Waals surface area contributed by atoms with Crippen LogP contribution in [0.4, 0.5) is 4.79 Å². The number of thiazole rings is 1. The largest absolute Gasteiger partial charge is 0.444 e. The maximum atomic E-state index is 12.0. The maximum Gasteiger partial charge on any atom is 0.410 e. The zero-order valence-electron chi connectivity index (χ0n) is 11.3. The van der Waals surface area contributed by atoms with E-state index in [1.54, 1.807) is 16.2 Å². The molecule has 1 aromatic rings. The zero-order valence-corrected chi connectivity index (χ0v) is 13.7. The van der Waals surface area contributed by atoms with E-state index in [1.807, 2.05) is 26.2 Å². The molecule has 1 saturated heterocycles. The molecule has 7 heteroatoms. The van der Waals surface area contributed by atoms with E-state index >= 15 is 0 Å². The Morgan fingerprint density at radius 1 is 1.63 bits per heavy atom. The van der Waals surface area contributed by atoms with Crippen LogP contribution in [0.5, 0.6) is 0 Å². The molecule has 106 valence electrons. The highest BCUT2D eigenvalue weighted by molar-refractivity contribution is 9.11. The van der Waals surface area contributed by atoms with E-state index in [1.165, 1.54) is 0 Å². The third-order valence-electron chi connectivity index (χ3n) is 2.68. The molecule has 1 atom stereocenters. The number of rotatable bonds is 1. The fraction of sp³-hybridized carbons (Fsp3) is 0.667. The van der Waals surface area contributed by atoms with Crippen LogP contribution < -0.4 is 5.32 Å². The van der Waals surface area contributed by atoms with E-state index in [-0.39, 0.29) is 12.1 Å². The van der Waals surface area contributed by atoms with Gasteiger partial charge in [-0.15, -0.1) is 11.3 Å². The van der Waals surface area contributed by atoms with Gasteiger partial charge in [-0.05, 0) is 36.7 Å². The van der Waals surface area contributed by atoms with E-state index in [9.17, 15) is 4.79 Å². The second-order valence-corrected chi connectivity index (χ2v) is 7.59. The van der Waals surface area contributed by atoms with Gasteiger partial charge in [0.2, 0.25) is 0 Å². The maximum absolute atomic E-state index is 12.0. The van der Waals surface area contributed by atoms with Crippen molar-refractivity contribution in [3.05, 3.63) is 15.0 Å². The minimum absolute atomic E-state index is 0.0730. The Morgan fingerprint density at radius 3 is 2.95 bits per heavy atom. The third kappa shape index (κ3) is 4.15. The normalized spacial score (nSPS) is 20.4. The molecule has 19 heavy (non-hydrogen) atoms. The van der Waals surface area contributed by atoms with Gasteiger partial charge in [-0.3, -0.25) is 0 Å². The molecule has 1 N–H and O–H groups in total. The zero-order chi connectivity index (χ0) is 14.0. The highest BCUT2D eigenvalue weighted by Gasteiger charge is 2.28. The molecule has 0 bridgehead atoms. The number of aromatic nitrogens is 1. The van der Waals surface area contributed by atoms with E-state index < -0.39 is 5.60 Å². The summed E-state index contributed by atoms with van der Waals surface area (Å²) >= 11 is 4.91. The van der Waals surface area contributed by atoms with Crippen molar-refractivity contribution >= 4 is 33.4 Å². The van der Waals surface area contributed by atoms with Crippen LogP contribution in [-0.4, -0.2) is 41.2 Å². The number of nitrogens with one attached hydrogen (secondary N) is 1. The molecule has 1 fully saturated rings. The molecular weight excluding hydrogens is 330 g/mol. The second kappa shape index (κ2) is 5.76. The van der Waals surface area contributed by atoms with Gasteiger partial charge in [-0.25, -0.2) is 9.78 Å². The molecule has 0 aliphatic carbocycles. The highest BCUT2D eigenvalue weighted by Crippen LogP contribution is 2.23. The Bertz CT molecular complexity index is 458. The van der Waals surface area contributed by atoms with Gasteiger partial charge in [-0.1, -0.05) is 0 Å². The number of ether oxygens (including phenoxy) is 1.